The van der Waals surface area contributed by atoms with Crippen molar-refractivity contribution in [1.82, 2.24) is 14.1 Å². The van der Waals surface area contributed by atoms with E-state index in [9.17, 15) is 9.59 Å². The molecule has 10 heteroatoms. The first kappa shape index (κ1) is 57.0. The van der Waals surface area contributed by atoms with Gasteiger partial charge < -0.3 is 15.5 Å². The van der Waals surface area contributed by atoms with E-state index in [0.717, 1.165) is 53.5 Å². The van der Waals surface area contributed by atoms with Gasteiger partial charge in [0.25, 0.3) is 0 Å². The Balaban J connectivity index is 0.000000424. The molecule has 0 amide bonds. The number of hydrogen-bond donors (Lipinski definition) is 1. The van der Waals surface area contributed by atoms with E-state index in [4.69, 9.17) is 21.7 Å². The van der Waals surface area contributed by atoms with Crippen molar-refractivity contribution < 1.29 is 40.6 Å². The number of carbonyl (C=O) groups excluding carboxylic acids is 2. The third-order valence-electron chi connectivity index (χ3n) is 9.62. The first-order valence-corrected chi connectivity index (χ1v) is 28.2. The quantitative estimate of drug-likeness (QED) is 0.0411. The van der Waals surface area contributed by atoms with Crippen LogP contribution < -0.4 is 29.6 Å². The predicted octanol–water partition coefficient (Wildman–Crippen LogP) is 13.3. The van der Waals surface area contributed by atoms with Crippen molar-refractivity contribution in [2.24, 2.45) is 0 Å². The van der Waals surface area contributed by atoms with Crippen LogP contribution in [0.2, 0.25) is 11.6 Å². The summed E-state index contributed by atoms with van der Waals surface area (Å²) in [5, 5.41) is 3.38. The maximum absolute atomic E-state index is 12.7. The van der Waals surface area contributed by atoms with Crippen LogP contribution in [0.3, 0.4) is 0 Å². The molecule has 64 heavy (non-hydrogen) atoms. The number of unbranched alkanes of at least 4 members (excludes halogenated alkanes) is 3. The second-order valence-electron chi connectivity index (χ2n) is 15.3. The van der Waals surface area contributed by atoms with E-state index in [-0.39, 0.29) is 42.0 Å². The minimum Gasteiger partial charge on any atom is -1.00 e. The molecule has 0 unspecified atom stereocenters. The summed E-state index contributed by atoms with van der Waals surface area (Å²) in [6.45, 7) is 8.73. The number of aryl methyl sites for hydroxylation is 2. The number of nitrogens with one attached hydrogen (secondary N) is 1. The summed E-state index contributed by atoms with van der Waals surface area (Å²) in [5.41, 5.74) is 6.59. The molecular weight excluding hydrogens is 970 g/mol. The van der Waals surface area contributed by atoms with Gasteiger partial charge >= 0.3 is 42.8 Å². The van der Waals surface area contributed by atoms with Crippen LogP contribution in [0.5, 0.6) is 0 Å². The van der Waals surface area contributed by atoms with Crippen LogP contribution in [0.25, 0.3) is 32.7 Å². The van der Waals surface area contributed by atoms with Gasteiger partial charge in [-0.2, -0.15) is 0 Å². The van der Waals surface area contributed by atoms with Gasteiger partial charge in [-0.25, -0.2) is 0 Å². The number of aromatic amines is 1. The van der Waals surface area contributed by atoms with Crippen molar-refractivity contribution in [3.05, 3.63) is 181 Å². The largest absolute Gasteiger partial charge is 1.00 e. The van der Waals surface area contributed by atoms with E-state index < -0.39 is 13.2 Å². The molecule has 8 rings (SSSR count). The molecule has 8 aromatic rings. The fourth-order valence-corrected chi connectivity index (χ4v) is 7.33. The van der Waals surface area contributed by atoms with Crippen LogP contribution in [-0.4, -0.2) is 42.8 Å². The summed E-state index contributed by atoms with van der Waals surface area (Å²) >= 11 is 6.89. The third kappa shape index (κ3) is 21.9. The van der Waals surface area contributed by atoms with Crippen molar-refractivity contribution in [3.63, 3.8) is 0 Å². The third-order valence-corrected chi connectivity index (χ3v) is 10.5. The van der Waals surface area contributed by atoms with Gasteiger partial charge in [-0.05, 0) is 87.5 Å². The zero-order valence-corrected chi connectivity index (χ0v) is 45.6. The average Bonchev–Trinajstić information content (AvgIpc) is 4.04. The van der Waals surface area contributed by atoms with Gasteiger partial charge in [0.2, 0.25) is 5.24 Å². The van der Waals surface area contributed by atoms with Gasteiger partial charge in [0.05, 0.1) is 0 Å². The van der Waals surface area contributed by atoms with Crippen LogP contribution in [0.15, 0.2) is 164 Å². The summed E-state index contributed by atoms with van der Waals surface area (Å²) in [5.74, 6) is 4.33. The number of rotatable bonds is 13. The number of ketones is 1. The first-order valence-electron chi connectivity index (χ1n) is 22.2. The van der Waals surface area contributed by atoms with E-state index in [2.05, 4.69) is 136 Å². The molecule has 1 N–H and O–H groups in total. The molecular formula is C54H66AlCl2IN3NaO2. The topological polar surface area (TPSA) is 59.8 Å². The Morgan fingerprint density at radius 3 is 1.67 bits per heavy atom. The molecule has 0 aliphatic rings. The summed E-state index contributed by atoms with van der Waals surface area (Å²) in [7, 11) is 5.41. The number of nitrogens with zero attached hydrogens (tertiary/aromatic N) is 2. The molecule has 0 saturated carbocycles. The Hall–Kier alpha value is -3.10. The number of alkyl halides is 1. The van der Waals surface area contributed by atoms with Gasteiger partial charge in [-0.1, -0.05) is 189 Å². The second kappa shape index (κ2) is 34.2. The van der Waals surface area contributed by atoms with Crippen molar-refractivity contribution in [2.75, 3.05) is 4.43 Å². The second-order valence-corrected chi connectivity index (χ2v) is 21.4. The van der Waals surface area contributed by atoms with E-state index >= 15 is 0 Å². The first-order chi connectivity index (χ1) is 30.6. The zero-order chi connectivity index (χ0) is 45.7. The average molecular weight is 1040 g/mol. The van der Waals surface area contributed by atoms with Gasteiger partial charge in [0.15, 0.2) is 5.78 Å². The van der Waals surface area contributed by atoms with Crippen molar-refractivity contribution >= 4 is 101 Å². The summed E-state index contributed by atoms with van der Waals surface area (Å²) in [6, 6.07) is 48.6. The molecule has 0 aliphatic carbocycles. The molecule has 0 radical (unpaired) electrons. The van der Waals surface area contributed by atoms with E-state index in [1.807, 2.05) is 97.3 Å². The van der Waals surface area contributed by atoms with Crippen LogP contribution in [0.4, 0.5) is 0 Å². The number of H-pyrrole nitrogens is 1. The molecule has 0 fully saturated rings. The molecule has 0 aliphatic heterocycles. The molecule has 0 bridgehead atoms. The maximum Gasteiger partial charge on any atom is 1.00 e. The van der Waals surface area contributed by atoms with Gasteiger partial charge in [-0.15, -0.1) is 0 Å². The predicted molar refractivity (Wildman–Crippen MR) is 286 cm³/mol. The van der Waals surface area contributed by atoms with Gasteiger partial charge in [0, 0.05) is 72.0 Å². The Morgan fingerprint density at radius 1 is 0.625 bits per heavy atom. The minimum atomic E-state index is -0.667. The minimum absolute atomic E-state index is 0. The van der Waals surface area contributed by atoms with E-state index in [1.165, 1.54) is 51.9 Å². The normalized spacial score (nSPS) is 9.94. The Morgan fingerprint density at radius 2 is 1.12 bits per heavy atom. The molecule has 0 spiro atoms. The Labute approximate surface area is 433 Å². The molecule has 3 aromatic heterocycles. The molecule has 0 saturated heterocycles. The number of hydrogen-bond acceptors (Lipinski definition) is 2. The van der Waals surface area contributed by atoms with Crippen molar-refractivity contribution in [3.8, 4) is 0 Å². The number of aromatic nitrogens is 3. The smallest absolute Gasteiger partial charge is 1.00 e. The zero-order valence-electron chi connectivity index (χ0n) is 39.8. The number of para-hydroxylation sites is 3. The summed E-state index contributed by atoms with van der Waals surface area (Å²) < 4.78 is 5.87. The van der Waals surface area contributed by atoms with Crippen LogP contribution in [0, 0.1) is 0 Å². The fourth-order valence-electron chi connectivity index (χ4n) is 6.41. The van der Waals surface area contributed by atoms with Crippen molar-refractivity contribution in [2.45, 2.75) is 96.8 Å². The van der Waals surface area contributed by atoms with E-state index in [0.29, 0.717) is 12.8 Å². The Bertz CT molecular complexity index is 2420. The summed E-state index contributed by atoms with van der Waals surface area (Å²) in [4.78, 5) is 26.2. The molecule has 5 nitrogen and oxygen atoms in total. The maximum atomic E-state index is 12.7. The van der Waals surface area contributed by atoms with Crippen LogP contribution in [0.1, 0.15) is 82.2 Å². The summed E-state index contributed by atoms with van der Waals surface area (Å²) in [6.07, 6.45) is 14.5. The monoisotopic (exact) mass is 1040 g/mol. The molecule has 3 heterocycles. The molecule has 0 atom stereocenters. The molecule has 5 aromatic carbocycles. The number of benzene rings is 5. The SMILES string of the molecule is CCCCI.CCCCn1cc(C(=O)Cc2ccccc2)c2ccccc21.CCCCn1ccc2ccccc21.O=C(Cl)Cc1ccccc1.[CH3][Al]([CH3])[Cl].[H-].[Na+].c1ccc2[nH]ccc2c1. The Kier molecular flexibility index (Phi) is 30.5. The van der Waals surface area contributed by atoms with Gasteiger partial charge in [-0.3, -0.25) is 19.6 Å². The fraction of sp³-hybridized carbons (Fsp3) is 0.296. The van der Waals surface area contributed by atoms with Crippen LogP contribution >= 0.6 is 44.2 Å². The number of halogens is 3. The molecule has 334 valence electrons. The number of carbonyl (C=O) groups is 2. The number of Topliss-reactive ketones (excluding diaryl/α,β-unsaturated/α-hetero) is 1. The van der Waals surface area contributed by atoms with Crippen molar-refractivity contribution in [1.29, 1.82) is 0 Å². The standard InChI is InChI=1S/C20H21NO.C12H15N.C8H7ClO.C8H7N.C4H9I.2CH3.Al.ClH.Na.H/c1-2-3-13-21-15-18(17-11-7-8-12-19(17)21)20(22)14-16-9-5-4-6-10-16;1-2-3-9-13-10-8-11-6-4-5-7-12(11)13;9-8(10)6-7-4-2-1-3-5-7;1-2-4-8-7(3-1)5-6-9-8;1-2-3-4-5;;;;;;/h4-12,15H,2-3,13-14H2,1H3;4-8,10H,2-3,9H2,1H3;1-5H,6H2;1-6,9H;2-4H2,1H3;2*1H3;;1H;;/q;;;;;;;+1;;+1;-1/p-1. The van der Waals surface area contributed by atoms with Gasteiger partial charge in [0.1, 0.15) is 0 Å². The van der Waals surface area contributed by atoms with Crippen LogP contribution in [-0.2, 0) is 30.7 Å². The van der Waals surface area contributed by atoms with E-state index in [1.54, 1.807) is 0 Å². The number of fused-ring (bicyclic) bond motifs is 3.